The van der Waals surface area contributed by atoms with Crippen LogP contribution in [-0.4, -0.2) is 17.4 Å². The van der Waals surface area contributed by atoms with Crippen molar-refractivity contribution in [2.75, 3.05) is 6.54 Å². The second-order valence-corrected chi connectivity index (χ2v) is 6.29. The first-order valence-electron chi connectivity index (χ1n) is 6.52. The number of nitrogens with zero attached hydrogens (tertiary/aromatic N) is 1. The number of carbonyl (C=O) groups is 1. The van der Waals surface area contributed by atoms with Gasteiger partial charge in [0.2, 0.25) is 5.91 Å². The first-order valence-corrected chi connectivity index (χ1v) is 7.40. The smallest absolute Gasteiger partial charge is 0.227 e. The summed E-state index contributed by atoms with van der Waals surface area (Å²) in [6, 6.07) is 0. The average Bonchev–Trinajstić information content (AvgIpc) is 2.90. The minimum absolute atomic E-state index is 0.116. The van der Waals surface area contributed by atoms with Crippen LogP contribution in [0.4, 0.5) is 0 Å². The Balaban J connectivity index is 1.93. The van der Waals surface area contributed by atoms with Crippen LogP contribution >= 0.6 is 11.3 Å². The molecule has 1 aliphatic carbocycles. The van der Waals surface area contributed by atoms with E-state index in [2.05, 4.69) is 17.2 Å². The largest absolute Gasteiger partial charge is 0.351 e. The van der Waals surface area contributed by atoms with E-state index in [-0.39, 0.29) is 11.3 Å². The van der Waals surface area contributed by atoms with Gasteiger partial charge in [-0.1, -0.05) is 6.92 Å². The van der Waals surface area contributed by atoms with Crippen LogP contribution in [0.5, 0.6) is 0 Å². The first kappa shape index (κ1) is 13.5. The summed E-state index contributed by atoms with van der Waals surface area (Å²) in [6.07, 6.45) is 5.83. The molecule has 1 aliphatic rings. The zero-order chi connectivity index (χ0) is 13.0. The molecule has 4 nitrogen and oxygen atoms in total. The van der Waals surface area contributed by atoms with Crippen LogP contribution in [0.2, 0.25) is 0 Å². The highest BCUT2D eigenvalue weighted by Gasteiger charge is 2.39. The monoisotopic (exact) mass is 267 g/mol. The molecular weight excluding hydrogens is 246 g/mol. The van der Waals surface area contributed by atoms with Crippen molar-refractivity contribution in [3.63, 3.8) is 0 Å². The van der Waals surface area contributed by atoms with Crippen LogP contribution in [0, 0.1) is 11.3 Å². The summed E-state index contributed by atoms with van der Waals surface area (Å²) < 4.78 is 0. The molecule has 1 aromatic heterocycles. The third-order valence-electron chi connectivity index (χ3n) is 4.01. The maximum Gasteiger partial charge on any atom is 0.227 e. The predicted octanol–water partition coefficient (Wildman–Crippen LogP) is 1.91. The molecule has 1 fully saturated rings. The van der Waals surface area contributed by atoms with Gasteiger partial charge in [0.05, 0.1) is 17.5 Å². The summed E-state index contributed by atoms with van der Waals surface area (Å²) in [5.74, 6) is 0.837. The van der Waals surface area contributed by atoms with Crippen molar-refractivity contribution in [1.82, 2.24) is 10.3 Å². The number of hydrogen-bond acceptors (Lipinski definition) is 4. The van der Waals surface area contributed by atoms with Gasteiger partial charge in [0.25, 0.3) is 0 Å². The lowest BCUT2D eigenvalue weighted by Crippen LogP contribution is -2.47. The first-order chi connectivity index (χ1) is 8.66. The maximum atomic E-state index is 12.3. The molecule has 0 spiro atoms. The van der Waals surface area contributed by atoms with Crippen LogP contribution in [0.1, 0.15) is 37.5 Å². The van der Waals surface area contributed by atoms with E-state index in [0.29, 0.717) is 13.1 Å². The van der Waals surface area contributed by atoms with E-state index >= 15 is 0 Å². The van der Waals surface area contributed by atoms with Crippen LogP contribution in [0.25, 0.3) is 0 Å². The number of nitrogens with one attached hydrogen (secondary N) is 1. The molecule has 100 valence electrons. The molecule has 0 aliphatic heterocycles. The third-order valence-corrected chi connectivity index (χ3v) is 4.79. The normalized spacial score (nSPS) is 28.0. The molecule has 1 saturated carbocycles. The molecule has 18 heavy (non-hydrogen) atoms. The predicted molar refractivity (Wildman–Crippen MR) is 73.1 cm³/mol. The van der Waals surface area contributed by atoms with E-state index < -0.39 is 0 Å². The van der Waals surface area contributed by atoms with Gasteiger partial charge in [-0.2, -0.15) is 0 Å². The van der Waals surface area contributed by atoms with E-state index in [4.69, 9.17) is 5.73 Å². The van der Waals surface area contributed by atoms with Crippen LogP contribution in [0.15, 0.2) is 11.7 Å². The third kappa shape index (κ3) is 2.90. The number of thiazole rings is 1. The minimum Gasteiger partial charge on any atom is -0.351 e. The van der Waals surface area contributed by atoms with Crippen molar-refractivity contribution in [2.45, 2.75) is 39.2 Å². The van der Waals surface area contributed by atoms with Gasteiger partial charge in [-0.25, -0.2) is 0 Å². The van der Waals surface area contributed by atoms with Crippen LogP contribution in [0.3, 0.4) is 0 Å². The number of hydrogen-bond donors (Lipinski definition) is 2. The molecule has 1 heterocycles. The zero-order valence-electron chi connectivity index (χ0n) is 10.8. The van der Waals surface area contributed by atoms with Gasteiger partial charge >= 0.3 is 0 Å². The van der Waals surface area contributed by atoms with E-state index in [1.807, 2.05) is 0 Å². The minimum atomic E-state index is -0.336. The number of carbonyl (C=O) groups excluding carboxylic acids is 1. The van der Waals surface area contributed by atoms with Crippen molar-refractivity contribution in [1.29, 1.82) is 0 Å². The molecule has 5 heteroatoms. The molecule has 1 amide bonds. The van der Waals surface area contributed by atoms with E-state index in [1.165, 1.54) is 0 Å². The Morgan fingerprint density at radius 1 is 1.61 bits per heavy atom. The average molecular weight is 267 g/mol. The molecular formula is C13H21N3OS. The lowest BCUT2D eigenvalue weighted by molar-refractivity contribution is -0.133. The van der Waals surface area contributed by atoms with Gasteiger partial charge in [0.1, 0.15) is 0 Å². The summed E-state index contributed by atoms with van der Waals surface area (Å²) in [6.45, 7) is 3.27. The SMILES string of the molecule is CC1CCC(CN)(C(=O)NCc2cncs2)CC1. The molecule has 0 saturated heterocycles. The summed E-state index contributed by atoms with van der Waals surface area (Å²) in [7, 11) is 0. The van der Waals surface area contributed by atoms with Gasteiger partial charge in [-0.3, -0.25) is 9.78 Å². The van der Waals surface area contributed by atoms with Crippen LogP contribution in [-0.2, 0) is 11.3 Å². The highest BCUT2D eigenvalue weighted by Crippen LogP contribution is 2.38. The van der Waals surface area contributed by atoms with Crippen LogP contribution < -0.4 is 11.1 Å². The van der Waals surface area contributed by atoms with Gasteiger partial charge in [0, 0.05) is 17.6 Å². The lowest BCUT2D eigenvalue weighted by atomic mass is 9.70. The molecule has 1 aromatic rings. The zero-order valence-corrected chi connectivity index (χ0v) is 11.6. The van der Waals surface area contributed by atoms with Crippen molar-refractivity contribution in [2.24, 2.45) is 17.1 Å². The molecule has 0 aromatic carbocycles. The van der Waals surface area contributed by atoms with Gasteiger partial charge in [0.15, 0.2) is 0 Å². The van der Waals surface area contributed by atoms with E-state index in [1.54, 1.807) is 23.0 Å². The second kappa shape index (κ2) is 5.80. The fraction of sp³-hybridized carbons (Fsp3) is 0.692. The Labute approximate surface area is 112 Å². The lowest BCUT2D eigenvalue weighted by Gasteiger charge is -2.37. The molecule has 0 radical (unpaired) electrons. The molecule has 0 bridgehead atoms. The molecule has 0 unspecified atom stereocenters. The number of aromatic nitrogens is 1. The Hall–Kier alpha value is -0.940. The van der Waals surface area contributed by atoms with Gasteiger partial charge < -0.3 is 11.1 Å². The molecule has 2 rings (SSSR count). The molecule has 3 N–H and O–H groups in total. The maximum absolute atomic E-state index is 12.3. The summed E-state index contributed by atoms with van der Waals surface area (Å²) in [5, 5.41) is 3.01. The fourth-order valence-corrected chi connectivity index (χ4v) is 3.06. The van der Waals surface area contributed by atoms with Crippen molar-refractivity contribution >= 4 is 17.2 Å². The summed E-state index contributed by atoms with van der Waals surface area (Å²) >= 11 is 1.56. The van der Waals surface area contributed by atoms with Gasteiger partial charge in [-0.05, 0) is 31.6 Å². The van der Waals surface area contributed by atoms with Crippen molar-refractivity contribution < 1.29 is 4.79 Å². The highest BCUT2D eigenvalue weighted by molar-refractivity contribution is 7.09. The Morgan fingerprint density at radius 2 is 2.33 bits per heavy atom. The Morgan fingerprint density at radius 3 is 2.89 bits per heavy atom. The number of amides is 1. The summed E-state index contributed by atoms with van der Waals surface area (Å²) in [5.41, 5.74) is 7.31. The van der Waals surface area contributed by atoms with Crippen molar-refractivity contribution in [3.8, 4) is 0 Å². The van der Waals surface area contributed by atoms with Gasteiger partial charge in [-0.15, -0.1) is 11.3 Å². The highest BCUT2D eigenvalue weighted by atomic mass is 32.1. The standard InChI is InChI=1S/C13H21N3OS/c1-10-2-4-13(8-14,5-3-10)12(17)16-7-11-6-15-9-18-11/h6,9-10H,2-5,7-8,14H2,1H3,(H,16,17). The van der Waals surface area contributed by atoms with Crippen molar-refractivity contribution in [3.05, 3.63) is 16.6 Å². The summed E-state index contributed by atoms with van der Waals surface area (Å²) in [4.78, 5) is 17.4. The quantitative estimate of drug-likeness (QED) is 0.875. The topological polar surface area (TPSA) is 68.0 Å². The van der Waals surface area contributed by atoms with E-state index in [9.17, 15) is 4.79 Å². The number of rotatable bonds is 4. The Kier molecular flexibility index (Phi) is 4.35. The fourth-order valence-electron chi connectivity index (χ4n) is 2.52. The Bertz CT molecular complexity index is 383. The van der Waals surface area contributed by atoms with E-state index in [0.717, 1.165) is 36.5 Å². The molecule has 0 atom stereocenters. The second-order valence-electron chi connectivity index (χ2n) is 5.32. The number of nitrogens with two attached hydrogens (primary N) is 1.